The molecule has 46 heavy (non-hydrogen) atoms. The minimum absolute atomic E-state index is 0.155. The summed E-state index contributed by atoms with van der Waals surface area (Å²) in [6, 6.07) is 0. The number of hydrogen-bond acceptors (Lipinski definition) is 8. The summed E-state index contributed by atoms with van der Waals surface area (Å²) in [7, 11) is 0. The van der Waals surface area contributed by atoms with E-state index in [0.717, 1.165) is 70.6 Å². The van der Waals surface area contributed by atoms with E-state index < -0.39 is 82.2 Å². The lowest BCUT2D eigenvalue weighted by Crippen LogP contribution is -2.71. The zero-order valence-electron chi connectivity index (χ0n) is 28.1. The molecular weight excluding hydrogens is 592 g/mol. The first-order valence-electron chi connectivity index (χ1n) is 17.3. The average molecular weight is 649 g/mol. The minimum atomic E-state index is -2.01. The largest absolute Gasteiger partial charge is 0.481 e. The number of aliphatic hydroxyl groups excluding tert-OH is 1. The van der Waals surface area contributed by atoms with Crippen LogP contribution in [0.4, 0.5) is 0 Å². The maximum atomic E-state index is 13.3. The Kier molecular flexibility index (Phi) is 11.0. The fourth-order valence-electron chi connectivity index (χ4n) is 9.80. The van der Waals surface area contributed by atoms with Crippen LogP contribution >= 0.6 is 0 Å². The normalized spacial score (nSPS) is 37.4. The van der Waals surface area contributed by atoms with Gasteiger partial charge in [-0.05, 0) is 30.9 Å². The van der Waals surface area contributed by atoms with E-state index in [-0.39, 0.29) is 12.8 Å². The van der Waals surface area contributed by atoms with Crippen molar-refractivity contribution in [3.05, 3.63) is 23.3 Å². The molecule has 10 heteroatoms. The fourth-order valence-corrected chi connectivity index (χ4v) is 9.80. The SMILES string of the molecule is CC1=C[C@H]2[C@]3(O)[C@@H](C=C(CO)C[C@]2(O)C1=O)[C@@H]1C(C)(C)[C@]1(OCCCCCCCCCCCCCC(=O)O)[C@@](O)(CC(=O)O)[C@H]3C. The maximum absolute atomic E-state index is 13.3. The number of aliphatic hydroxyl groups is 4. The first-order chi connectivity index (χ1) is 21.6. The van der Waals surface area contributed by atoms with Gasteiger partial charge in [0.15, 0.2) is 5.78 Å². The molecule has 0 unspecified atom stereocenters. The molecule has 4 aliphatic rings. The highest BCUT2D eigenvalue weighted by molar-refractivity contribution is 6.04. The van der Waals surface area contributed by atoms with Gasteiger partial charge in [0, 0.05) is 48.5 Å². The number of ketones is 1. The minimum Gasteiger partial charge on any atom is -0.481 e. The van der Waals surface area contributed by atoms with Crippen molar-refractivity contribution in [3.63, 3.8) is 0 Å². The number of carbonyl (C=O) groups is 3. The summed E-state index contributed by atoms with van der Waals surface area (Å²) in [4.78, 5) is 36.1. The van der Waals surface area contributed by atoms with Crippen LogP contribution in [0.5, 0.6) is 0 Å². The number of carboxylic acids is 2. The highest BCUT2D eigenvalue weighted by atomic mass is 16.5. The third-order valence-electron chi connectivity index (χ3n) is 12.1. The molecule has 10 nitrogen and oxygen atoms in total. The lowest BCUT2D eigenvalue weighted by atomic mass is 9.54. The Morgan fingerprint density at radius 2 is 1.41 bits per heavy atom. The van der Waals surface area contributed by atoms with Gasteiger partial charge in [-0.15, -0.1) is 0 Å². The summed E-state index contributed by atoms with van der Waals surface area (Å²) in [6.07, 6.45) is 13.9. The van der Waals surface area contributed by atoms with Gasteiger partial charge in [-0.2, -0.15) is 0 Å². The molecule has 0 aromatic rings. The van der Waals surface area contributed by atoms with Gasteiger partial charge < -0.3 is 35.4 Å². The first-order valence-corrected chi connectivity index (χ1v) is 17.3. The van der Waals surface area contributed by atoms with Crippen LogP contribution in [0.2, 0.25) is 0 Å². The molecular formula is C36H56O10. The third kappa shape index (κ3) is 6.02. The molecule has 2 saturated carbocycles. The van der Waals surface area contributed by atoms with Crippen molar-refractivity contribution in [1.29, 1.82) is 0 Å². The van der Waals surface area contributed by atoms with Crippen molar-refractivity contribution in [2.45, 2.75) is 140 Å². The molecule has 4 rings (SSSR count). The molecule has 8 atom stereocenters. The molecule has 0 bridgehead atoms. The van der Waals surface area contributed by atoms with Crippen LogP contribution in [0.15, 0.2) is 23.3 Å². The van der Waals surface area contributed by atoms with Gasteiger partial charge in [0.25, 0.3) is 0 Å². The topological polar surface area (TPSA) is 182 Å². The molecule has 0 radical (unpaired) electrons. The summed E-state index contributed by atoms with van der Waals surface area (Å²) in [6.45, 7) is 6.92. The highest BCUT2D eigenvalue weighted by Crippen LogP contribution is 2.79. The quantitative estimate of drug-likeness (QED) is 0.0910. The smallest absolute Gasteiger partial charge is 0.306 e. The summed E-state index contributed by atoms with van der Waals surface area (Å²) in [5, 5.41) is 66.0. The molecule has 4 aliphatic carbocycles. The van der Waals surface area contributed by atoms with E-state index in [9.17, 15) is 39.9 Å². The summed E-state index contributed by atoms with van der Waals surface area (Å²) in [5.74, 6) is -5.93. The molecule has 0 spiro atoms. The molecule has 0 aliphatic heterocycles. The third-order valence-corrected chi connectivity index (χ3v) is 12.1. The number of ether oxygens (including phenoxy) is 1. The zero-order valence-corrected chi connectivity index (χ0v) is 28.1. The summed E-state index contributed by atoms with van der Waals surface area (Å²) in [5.41, 5.74) is -7.22. The second-order valence-electron chi connectivity index (χ2n) is 15.2. The van der Waals surface area contributed by atoms with E-state index in [1.807, 2.05) is 13.8 Å². The second-order valence-corrected chi connectivity index (χ2v) is 15.2. The van der Waals surface area contributed by atoms with Crippen molar-refractivity contribution in [3.8, 4) is 0 Å². The van der Waals surface area contributed by atoms with Crippen LogP contribution in [-0.2, 0) is 19.1 Å². The average Bonchev–Trinajstić information content (AvgIpc) is 3.43. The Hall–Kier alpha value is -2.11. The lowest BCUT2D eigenvalue weighted by molar-refractivity contribution is -0.265. The van der Waals surface area contributed by atoms with Crippen LogP contribution in [0.3, 0.4) is 0 Å². The highest BCUT2D eigenvalue weighted by Gasteiger charge is 2.89. The van der Waals surface area contributed by atoms with Gasteiger partial charge in [0.05, 0.1) is 18.6 Å². The molecule has 0 aromatic heterocycles. The molecule has 260 valence electrons. The fraction of sp³-hybridized carbons (Fsp3) is 0.806. The molecule has 0 saturated heterocycles. The van der Waals surface area contributed by atoms with E-state index in [2.05, 4.69) is 0 Å². The molecule has 0 amide bonds. The Labute approximate surface area is 272 Å². The number of rotatable bonds is 18. The van der Waals surface area contributed by atoms with Crippen LogP contribution in [-0.4, -0.2) is 84.0 Å². The van der Waals surface area contributed by atoms with Crippen molar-refractivity contribution in [2.75, 3.05) is 13.2 Å². The van der Waals surface area contributed by atoms with Gasteiger partial charge in [-0.25, -0.2) is 0 Å². The van der Waals surface area contributed by atoms with Crippen LogP contribution in [0.25, 0.3) is 0 Å². The number of aliphatic carboxylic acids is 2. The number of carbonyl (C=O) groups excluding carboxylic acids is 1. The van der Waals surface area contributed by atoms with Gasteiger partial charge in [0.1, 0.15) is 16.8 Å². The van der Waals surface area contributed by atoms with Gasteiger partial charge in [0.2, 0.25) is 0 Å². The Morgan fingerprint density at radius 3 is 1.93 bits per heavy atom. The monoisotopic (exact) mass is 648 g/mol. The summed E-state index contributed by atoms with van der Waals surface area (Å²) >= 11 is 0. The predicted molar refractivity (Wildman–Crippen MR) is 171 cm³/mol. The Balaban J connectivity index is 1.43. The van der Waals surface area contributed by atoms with E-state index in [1.54, 1.807) is 26.0 Å². The molecule has 6 N–H and O–H groups in total. The summed E-state index contributed by atoms with van der Waals surface area (Å²) < 4.78 is 6.64. The van der Waals surface area contributed by atoms with Crippen molar-refractivity contribution >= 4 is 17.7 Å². The Morgan fingerprint density at radius 1 is 0.870 bits per heavy atom. The standard InChI is InChI=1S/C36H56O10/c1-23-18-27-33(43,31(23)42)20-25(22-37)19-26-30-32(3,4)36(30,34(44,21-29(40)41)24(2)35(26,27)45)46-17-15-13-11-9-7-5-6-8-10-12-14-16-28(38)39/h18-19,24,26-27,30,37,43-45H,5-17,20-22H2,1-4H3,(H,38,39)(H,40,41)/t24-,26+,27-,30-,33-,34-,35-,36+/m1/s1. The number of hydrogen-bond donors (Lipinski definition) is 6. The molecule has 0 heterocycles. The zero-order chi connectivity index (χ0) is 34.1. The van der Waals surface area contributed by atoms with Gasteiger partial charge in [-0.1, -0.05) is 90.7 Å². The van der Waals surface area contributed by atoms with E-state index in [1.165, 1.54) is 0 Å². The number of unbranched alkanes of at least 4 members (excludes halogenated alkanes) is 10. The number of carboxylic acid groups (broad SMARTS) is 2. The van der Waals surface area contributed by atoms with Crippen molar-refractivity contribution < 1.29 is 49.8 Å². The van der Waals surface area contributed by atoms with E-state index >= 15 is 0 Å². The second kappa shape index (κ2) is 13.8. The van der Waals surface area contributed by atoms with E-state index in [0.29, 0.717) is 17.8 Å². The van der Waals surface area contributed by atoms with Crippen LogP contribution in [0.1, 0.15) is 118 Å². The maximum Gasteiger partial charge on any atom is 0.306 e. The first kappa shape index (κ1) is 36.7. The lowest BCUT2D eigenvalue weighted by Gasteiger charge is -2.57. The molecule has 0 aromatic carbocycles. The Bertz CT molecular complexity index is 1220. The predicted octanol–water partition coefficient (Wildman–Crippen LogP) is 4.57. The van der Waals surface area contributed by atoms with Crippen molar-refractivity contribution in [2.24, 2.45) is 29.1 Å². The number of fused-ring (bicyclic) bond motifs is 5. The van der Waals surface area contributed by atoms with E-state index in [4.69, 9.17) is 9.84 Å². The van der Waals surface area contributed by atoms with Crippen LogP contribution in [0, 0.1) is 29.1 Å². The molecule has 2 fully saturated rings. The van der Waals surface area contributed by atoms with Gasteiger partial charge in [-0.3, -0.25) is 14.4 Å². The van der Waals surface area contributed by atoms with Crippen LogP contribution < -0.4 is 0 Å². The van der Waals surface area contributed by atoms with Gasteiger partial charge >= 0.3 is 11.9 Å². The number of Topliss-reactive ketones (excluding diaryl/α,β-unsaturated/α-hetero) is 1. The van der Waals surface area contributed by atoms with Crippen molar-refractivity contribution in [1.82, 2.24) is 0 Å².